The van der Waals surface area contributed by atoms with Gasteiger partial charge in [-0.25, -0.2) is 4.98 Å². The number of aromatic nitrogens is 2. The molecule has 4 N–H and O–H groups in total. The molecule has 1 aromatic heterocycles. The highest BCUT2D eigenvalue weighted by Crippen LogP contribution is 2.26. The van der Waals surface area contributed by atoms with Gasteiger partial charge in [0.1, 0.15) is 5.82 Å². The largest absolute Gasteiger partial charge is 0.391 e. The molecule has 0 amide bonds. The lowest BCUT2D eigenvalue weighted by molar-refractivity contribution is 0.116. The highest BCUT2D eigenvalue weighted by molar-refractivity contribution is 5.89. The van der Waals surface area contributed by atoms with E-state index in [2.05, 4.69) is 15.3 Å². The Hall–Kier alpha value is -1.88. The summed E-state index contributed by atoms with van der Waals surface area (Å²) in [6, 6.07) is 7.80. The minimum absolute atomic E-state index is 0.0476. The number of hydrogen-bond donors (Lipinski definition) is 3. The van der Waals surface area contributed by atoms with Crippen molar-refractivity contribution in [3.05, 3.63) is 24.3 Å². The zero-order valence-electron chi connectivity index (χ0n) is 10.7. The summed E-state index contributed by atoms with van der Waals surface area (Å²) in [5.41, 5.74) is 6.56. The summed E-state index contributed by atoms with van der Waals surface area (Å²) in [5, 5.41) is 14.3. The predicted octanol–water partition coefficient (Wildman–Crippen LogP) is 1.93. The molecule has 100 valence electrons. The van der Waals surface area contributed by atoms with Gasteiger partial charge in [-0.3, -0.25) is 0 Å². The average Bonchev–Trinajstić information content (AvgIpc) is 2.41. The third-order valence-corrected chi connectivity index (χ3v) is 3.67. The van der Waals surface area contributed by atoms with Crippen LogP contribution in [0.15, 0.2) is 24.3 Å². The molecule has 5 heteroatoms. The molecular formula is C14H18N4O. The molecule has 5 nitrogen and oxygen atoms in total. The summed E-state index contributed by atoms with van der Waals surface area (Å²) >= 11 is 0. The predicted molar refractivity (Wildman–Crippen MR) is 75.8 cm³/mol. The van der Waals surface area contributed by atoms with Crippen LogP contribution in [0.1, 0.15) is 25.7 Å². The fraction of sp³-hybridized carbons (Fsp3) is 0.429. The van der Waals surface area contributed by atoms with Crippen LogP contribution < -0.4 is 11.1 Å². The monoisotopic (exact) mass is 258 g/mol. The van der Waals surface area contributed by atoms with Gasteiger partial charge in [-0.2, -0.15) is 4.98 Å². The van der Waals surface area contributed by atoms with Gasteiger partial charge in [0, 0.05) is 5.39 Å². The third-order valence-electron chi connectivity index (χ3n) is 3.67. The van der Waals surface area contributed by atoms with Crippen LogP contribution in [0, 0.1) is 0 Å². The average molecular weight is 258 g/mol. The van der Waals surface area contributed by atoms with Gasteiger partial charge in [-0.05, 0) is 25.0 Å². The number of nitrogens with zero attached hydrogens (tertiary/aromatic N) is 2. The molecule has 0 spiro atoms. The lowest BCUT2D eigenvalue weighted by Crippen LogP contribution is -2.36. The van der Waals surface area contributed by atoms with Crippen LogP contribution in [0.4, 0.5) is 11.8 Å². The van der Waals surface area contributed by atoms with E-state index in [-0.39, 0.29) is 18.1 Å². The van der Waals surface area contributed by atoms with Gasteiger partial charge in [-0.15, -0.1) is 0 Å². The van der Waals surface area contributed by atoms with Crippen LogP contribution in [0.3, 0.4) is 0 Å². The van der Waals surface area contributed by atoms with Crippen molar-refractivity contribution in [1.29, 1.82) is 0 Å². The molecule has 1 fully saturated rings. The molecule has 2 unspecified atom stereocenters. The third kappa shape index (κ3) is 2.46. The van der Waals surface area contributed by atoms with Crippen molar-refractivity contribution >= 4 is 22.7 Å². The summed E-state index contributed by atoms with van der Waals surface area (Å²) in [5.74, 6) is 0.973. The molecule has 3 rings (SSSR count). The Kier molecular flexibility index (Phi) is 3.21. The summed E-state index contributed by atoms with van der Waals surface area (Å²) in [4.78, 5) is 8.49. The van der Waals surface area contributed by atoms with Crippen LogP contribution in [-0.4, -0.2) is 27.2 Å². The van der Waals surface area contributed by atoms with E-state index in [9.17, 15) is 5.11 Å². The number of nitrogen functional groups attached to an aromatic ring is 1. The van der Waals surface area contributed by atoms with E-state index in [1.165, 1.54) is 0 Å². The van der Waals surface area contributed by atoms with Gasteiger partial charge in [-0.1, -0.05) is 25.0 Å². The Labute approximate surface area is 111 Å². The van der Waals surface area contributed by atoms with Crippen molar-refractivity contribution in [1.82, 2.24) is 9.97 Å². The number of hydrogen-bond acceptors (Lipinski definition) is 5. The van der Waals surface area contributed by atoms with E-state index in [4.69, 9.17) is 5.73 Å². The smallest absolute Gasteiger partial charge is 0.222 e. The molecule has 1 saturated carbocycles. The van der Waals surface area contributed by atoms with E-state index < -0.39 is 0 Å². The maximum Gasteiger partial charge on any atom is 0.222 e. The summed E-state index contributed by atoms with van der Waals surface area (Å²) in [6.07, 6.45) is 3.71. The fourth-order valence-corrected chi connectivity index (χ4v) is 2.66. The molecule has 1 heterocycles. The first-order valence-corrected chi connectivity index (χ1v) is 6.71. The van der Waals surface area contributed by atoms with Crippen LogP contribution in [0.5, 0.6) is 0 Å². The molecule has 0 saturated heterocycles. The quantitative estimate of drug-likeness (QED) is 0.766. The first-order chi connectivity index (χ1) is 9.24. The first-order valence-electron chi connectivity index (χ1n) is 6.71. The SMILES string of the molecule is Nc1nc(NC2CCCCC2O)c2ccccc2n1. The number of aliphatic hydroxyl groups is 1. The highest BCUT2D eigenvalue weighted by atomic mass is 16.3. The lowest BCUT2D eigenvalue weighted by Gasteiger charge is -2.29. The second-order valence-corrected chi connectivity index (χ2v) is 5.05. The van der Waals surface area contributed by atoms with E-state index in [1.807, 2.05) is 24.3 Å². The molecular weight excluding hydrogens is 240 g/mol. The molecule has 19 heavy (non-hydrogen) atoms. The second kappa shape index (κ2) is 5.01. The van der Waals surface area contributed by atoms with Crippen LogP contribution in [0.25, 0.3) is 10.9 Å². The summed E-state index contributed by atoms with van der Waals surface area (Å²) in [6.45, 7) is 0. The Morgan fingerprint density at radius 3 is 2.79 bits per heavy atom. The molecule has 2 atom stereocenters. The zero-order chi connectivity index (χ0) is 13.2. The van der Waals surface area contributed by atoms with Crippen molar-refractivity contribution < 1.29 is 5.11 Å². The number of nitrogens with two attached hydrogens (primary N) is 1. The number of aliphatic hydroxyl groups excluding tert-OH is 1. The molecule has 2 aromatic rings. The number of para-hydroxylation sites is 1. The van der Waals surface area contributed by atoms with Gasteiger partial charge < -0.3 is 16.2 Å². The van der Waals surface area contributed by atoms with Crippen LogP contribution in [-0.2, 0) is 0 Å². The number of rotatable bonds is 2. The van der Waals surface area contributed by atoms with E-state index in [0.29, 0.717) is 5.82 Å². The first kappa shape index (κ1) is 12.2. The van der Waals surface area contributed by atoms with Crippen molar-refractivity contribution in [2.24, 2.45) is 0 Å². The van der Waals surface area contributed by atoms with Gasteiger partial charge in [0.2, 0.25) is 5.95 Å². The van der Waals surface area contributed by atoms with Crippen LogP contribution in [0.2, 0.25) is 0 Å². The van der Waals surface area contributed by atoms with Crippen molar-refractivity contribution in [3.63, 3.8) is 0 Å². The van der Waals surface area contributed by atoms with Gasteiger partial charge in [0.15, 0.2) is 0 Å². The lowest BCUT2D eigenvalue weighted by atomic mass is 9.92. The molecule has 0 aliphatic heterocycles. The molecule has 1 aliphatic carbocycles. The van der Waals surface area contributed by atoms with Gasteiger partial charge >= 0.3 is 0 Å². The maximum absolute atomic E-state index is 10.0. The van der Waals surface area contributed by atoms with Gasteiger partial charge in [0.05, 0.1) is 17.7 Å². The highest BCUT2D eigenvalue weighted by Gasteiger charge is 2.23. The van der Waals surface area contributed by atoms with Crippen molar-refractivity contribution in [2.45, 2.75) is 37.8 Å². The van der Waals surface area contributed by atoms with E-state index in [0.717, 1.165) is 36.6 Å². The Morgan fingerprint density at radius 1 is 1.16 bits per heavy atom. The van der Waals surface area contributed by atoms with Gasteiger partial charge in [0.25, 0.3) is 0 Å². The second-order valence-electron chi connectivity index (χ2n) is 5.05. The van der Waals surface area contributed by atoms with Crippen LogP contribution >= 0.6 is 0 Å². The van der Waals surface area contributed by atoms with E-state index >= 15 is 0 Å². The normalized spacial score (nSPS) is 23.4. The zero-order valence-corrected chi connectivity index (χ0v) is 10.7. The minimum atomic E-state index is -0.316. The topological polar surface area (TPSA) is 84.1 Å². The maximum atomic E-state index is 10.0. The molecule has 0 bridgehead atoms. The molecule has 0 radical (unpaired) electrons. The standard InChI is InChI=1S/C14H18N4O/c15-14-17-10-6-2-1-5-9(10)13(18-14)16-11-7-3-4-8-12(11)19/h1-2,5-6,11-12,19H,3-4,7-8H2,(H3,15,16,17,18). The number of anilines is 2. The van der Waals surface area contributed by atoms with Crippen molar-refractivity contribution in [3.8, 4) is 0 Å². The summed E-state index contributed by atoms with van der Waals surface area (Å²) < 4.78 is 0. The number of nitrogens with one attached hydrogen (secondary N) is 1. The molecule has 1 aromatic carbocycles. The van der Waals surface area contributed by atoms with Crippen molar-refractivity contribution in [2.75, 3.05) is 11.1 Å². The number of fused-ring (bicyclic) bond motifs is 1. The molecule has 1 aliphatic rings. The summed E-state index contributed by atoms with van der Waals surface area (Å²) in [7, 11) is 0. The Balaban J connectivity index is 1.95. The van der Waals surface area contributed by atoms with E-state index in [1.54, 1.807) is 0 Å². The fourth-order valence-electron chi connectivity index (χ4n) is 2.66. The number of benzene rings is 1. The Bertz CT molecular complexity index is 587. The minimum Gasteiger partial charge on any atom is -0.391 e. The Morgan fingerprint density at radius 2 is 1.95 bits per heavy atom.